The summed E-state index contributed by atoms with van der Waals surface area (Å²) in [4.78, 5) is 15.7. The maximum Gasteiger partial charge on any atom is 0.443 e. The average Bonchev–Trinajstić information content (AvgIpc) is 3.11. The Morgan fingerprint density at radius 3 is 2.39 bits per heavy atom. The van der Waals surface area contributed by atoms with Crippen molar-refractivity contribution in [3.63, 3.8) is 0 Å². The van der Waals surface area contributed by atoms with Crippen molar-refractivity contribution in [2.24, 2.45) is 0 Å². The second-order valence-electron chi connectivity index (χ2n) is 8.78. The van der Waals surface area contributed by atoms with Crippen molar-refractivity contribution in [1.29, 1.82) is 0 Å². The highest BCUT2D eigenvalue weighted by Crippen LogP contribution is 2.37. The minimum Gasteiger partial charge on any atom is -0.489 e. The number of benzene rings is 2. The minimum atomic E-state index is -4.60. The molecule has 0 radical (unpaired) electrons. The van der Waals surface area contributed by atoms with Gasteiger partial charge >= 0.3 is 12.1 Å². The standard InChI is InChI=1S/C24H25F4NO3S/c1-13-14(2)18(8-6-15(13)7-9-20(30)32-23(3,4)5)31-12-16-10-17(25)11-19-21(16)29-22(33-19)24(26,27)28/h6,8,10-11H,7,9,12H2,1-5H3. The van der Waals surface area contributed by atoms with Crippen LogP contribution in [0, 0.1) is 19.7 Å². The summed E-state index contributed by atoms with van der Waals surface area (Å²) < 4.78 is 64.4. The van der Waals surface area contributed by atoms with Crippen molar-refractivity contribution >= 4 is 27.5 Å². The van der Waals surface area contributed by atoms with Crippen LogP contribution in [-0.2, 0) is 28.7 Å². The first-order valence-electron chi connectivity index (χ1n) is 10.3. The number of hydrogen-bond acceptors (Lipinski definition) is 5. The summed E-state index contributed by atoms with van der Waals surface area (Å²) in [5, 5.41) is -1.02. The number of nitrogens with zero attached hydrogens (tertiary/aromatic N) is 1. The number of fused-ring (bicyclic) bond motifs is 1. The van der Waals surface area contributed by atoms with Crippen molar-refractivity contribution < 1.29 is 31.8 Å². The first-order chi connectivity index (χ1) is 15.2. The summed E-state index contributed by atoms with van der Waals surface area (Å²) in [6.45, 7) is 9.07. The number of thiazole rings is 1. The molecule has 0 N–H and O–H groups in total. The van der Waals surface area contributed by atoms with E-state index in [0.29, 0.717) is 23.5 Å². The largest absolute Gasteiger partial charge is 0.489 e. The van der Waals surface area contributed by atoms with E-state index in [0.717, 1.165) is 28.8 Å². The van der Waals surface area contributed by atoms with Gasteiger partial charge in [0.15, 0.2) is 5.01 Å². The zero-order valence-corrected chi connectivity index (χ0v) is 19.8. The molecule has 0 atom stereocenters. The summed E-state index contributed by atoms with van der Waals surface area (Å²) in [6.07, 6.45) is -3.85. The summed E-state index contributed by atoms with van der Waals surface area (Å²) in [6, 6.07) is 5.76. The third-order valence-electron chi connectivity index (χ3n) is 5.03. The number of ether oxygens (including phenoxy) is 2. The number of hydrogen-bond donors (Lipinski definition) is 0. The van der Waals surface area contributed by atoms with E-state index < -0.39 is 22.6 Å². The van der Waals surface area contributed by atoms with Gasteiger partial charge < -0.3 is 9.47 Å². The van der Waals surface area contributed by atoms with E-state index >= 15 is 0 Å². The number of alkyl halides is 3. The van der Waals surface area contributed by atoms with Crippen LogP contribution < -0.4 is 4.74 Å². The minimum absolute atomic E-state index is 0.0806. The molecule has 178 valence electrons. The van der Waals surface area contributed by atoms with Crippen molar-refractivity contribution in [2.45, 2.75) is 65.8 Å². The quantitative estimate of drug-likeness (QED) is 0.282. The number of esters is 1. The topological polar surface area (TPSA) is 48.4 Å². The third-order valence-corrected chi connectivity index (χ3v) is 6.08. The van der Waals surface area contributed by atoms with Gasteiger partial charge in [-0.05, 0) is 75.9 Å². The van der Waals surface area contributed by atoms with Crippen LogP contribution in [0.1, 0.15) is 54.5 Å². The number of aromatic nitrogens is 1. The average molecular weight is 484 g/mol. The van der Waals surface area contributed by atoms with Crippen LogP contribution >= 0.6 is 11.3 Å². The number of carbonyl (C=O) groups excluding carboxylic acids is 1. The third kappa shape index (κ3) is 6.22. The van der Waals surface area contributed by atoms with Gasteiger partial charge in [0.05, 0.1) is 10.2 Å². The van der Waals surface area contributed by atoms with Gasteiger partial charge in [0.25, 0.3) is 0 Å². The van der Waals surface area contributed by atoms with Crippen molar-refractivity contribution in [2.75, 3.05) is 0 Å². The Hall–Kier alpha value is -2.68. The molecule has 33 heavy (non-hydrogen) atoms. The van der Waals surface area contributed by atoms with Gasteiger partial charge in [0, 0.05) is 12.0 Å². The molecule has 0 fully saturated rings. The molecule has 0 saturated carbocycles. The molecule has 0 aliphatic heterocycles. The lowest BCUT2D eigenvalue weighted by molar-refractivity contribution is -0.154. The summed E-state index contributed by atoms with van der Waals surface area (Å²) in [7, 11) is 0. The molecule has 3 aromatic rings. The molecular formula is C24H25F4NO3S. The molecule has 1 heterocycles. The summed E-state index contributed by atoms with van der Waals surface area (Å²) in [5.41, 5.74) is 2.51. The van der Waals surface area contributed by atoms with Gasteiger partial charge in [0.1, 0.15) is 23.8 Å². The predicted molar refractivity (Wildman–Crippen MR) is 119 cm³/mol. The molecule has 0 amide bonds. The van der Waals surface area contributed by atoms with Gasteiger partial charge in [-0.15, -0.1) is 11.3 Å². The molecule has 1 aromatic heterocycles. The summed E-state index contributed by atoms with van der Waals surface area (Å²) in [5.74, 6) is -0.405. The Morgan fingerprint density at radius 1 is 1.06 bits per heavy atom. The van der Waals surface area contributed by atoms with Crippen molar-refractivity contribution in [3.05, 3.63) is 57.3 Å². The Morgan fingerprint density at radius 2 is 1.76 bits per heavy atom. The van der Waals surface area contributed by atoms with E-state index in [1.54, 1.807) is 6.07 Å². The zero-order valence-electron chi connectivity index (χ0n) is 19.0. The van der Waals surface area contributed by atoms with E-state index in [9.17, 15) is 22.4 Å². The highest BCUT2D eigenvalue weighted by atomic mass is 32.1. The normalized spacial score (nSPS) is 12.3. The van der Waals surface area contributed by atoms with Gasteiger partial charge in [-0.2, -0.15) is 13.2 Å². The molecule has 0 spiro atoms. The number of rotatable bonds is 6. The maximum atomic E-state index is 14.0. The molecule has 4 nitrogen and oxygen atoms in total. The molecule has 2 aromatic carbocycles. The number of halogens is 4. The summed E-state index contributed by atoms with van der Waals surface area (Å²) >= 11 is 0.403. The highest BCUT2D eigenvalue weighted by molar-refractivity contribution is 7.18. The molecule has 9 heteroatoms. The van der Waals surface area contributed by atoms with Gasteiger partial charge in [-0.25, -0.2) is 9.37 Å². The molecule has 0 aliphatic rings. The molecule has 0 aliphatic carbocycles. The van der Waals surface area contributed by atoms with E-state index in [1.165, 1.54) is 0 Å². The Balaban J connectivity index is 1.76. The van der Waals surface area contributed by atoms with Gasteiger partial charge in [0.2, 0.25) is 0 Å². The van der Waals surface area contributed by atoms with Crippen LogP contribution in [0.4, 0.5) is 17.6 Å². The fourth-order valence-electron chi connectivity index (χ4n) is 3.36. The van der Waals surface area contributed by atoms with Crippen molar-refractivity contribution in [1.82, 2.24) is 4.98 Å². The molecule has 0 unspecified atom stereocenters. The second-order valence-corrected chi connectivity index (χ2v) is 9.81. The Kier molecular flexibility index (Phi) is 7.02. The number of aryl methyl sites for hydroxylation is 1. The second kappa shape index (κ2) is 9.29. The van der Waals surface area contributed by atoms with E-state index in [4.69, 9.17) is 9.47 Å². The SMILES string of the molecule is Cc1c(CCC(=O)OC(C)(C)C)ccc(OCc2cc(F)cc3sc(C(F)(F)F)nc23)c1C. The smallest absolute Gasteiger partial charge is 0.443 e. The molecular weight excluding hydrogens is 458 g/mol. The molecule has 3 rings (SSSR count). The van der Waals surface area contributed by atoms with Gasteiger partial charge in [-0.3, -0.25) is 4.79 Å². The lowest BCUT2D eigenvalue weighted by Crippen LogP contribution is -2.24. The predicted octanol–water partition coefficient (Wildman–Crippen LogP) is 6.92. The first kappa shape index (κ1) is 25.0. The Bertz CT molecular complexity index is 1180. The van der Waals surface area contributed by atoms with E-state index in [2.05, 4.69) is 4.98 Å². The monoisotopic (exact) mass is 483 g/mol. The fraction of sp³-hybridized carbons (Fsp3) is 0.417. The first-order valence-corrected chi connectivity index (χ1v) is 11.2. The van der Waals surface area contributed by atoms with E-state index in [1.807, 2.05) is 40.7 Å². The van der Waals surface area contributed by atoms with Crippen molar-refractivity contribution in [3.8, 4) is 5.75 Å². The van der Waals surface area contributed by atoms with E-state index in [-0.39, 0.29) is 34.8 Å². The molecule has 0 saturated heterocycles. The lowest BCUT2D eigenvalue weighted by atomic mass is 9.99. The zero-order chi connectivity index (χ0) is 24.6. The van der Waals surface area contributed by atoms with Crippen LogP contribution in [-0.4, -0.2) is 16.6 Å². The molecule has 0 bridgehead atoms. The van der Waals surface area contributed by atoms with Crippen LogP contribution in [0.2, 0.25) is 0 Å². The van der Waals surface area contributed by atoms with Crippen LogP contribution in [0.25, 0.3) is 10.2 Å². The van der Waals surface area contributed by atoms with Crippen LogP contribution in [0.5, 0.6) is 5.75 Å². The highest BCUT2D eigenvalue weighted by Gasteiger charge is 2.35. The van der Waals surface area contributed by atoms with Crippen LogP contribution in [0.3, 0.4) is 0 Å². The maximum absolute atomic E-state index is 14.0. The Labute approximate surface area is 193 Å². The van der Waals surface area contributed by atoms with Gasteiger partial charge in [-0.1, -0.05) is 6.07 Å². The lowest BCUT2D eigenvalue weighted by Gasteiger charge is -2.20. The van der Waals surface area contributed by atoms with Crippen LogP contribution in [0.15, 0.2) is 24.3 Å². The fourth-order valence-corrected chi connectivity index (χ4v) is 4.26. The number of carbonyl (C=O) groups is 1.